The lowest BCUT2D eigenvalue weighted by Gasteiger charge is -2.18. The van der Waals surface area contributed by atoms with Gasteiger partial charge >= 0.3 is 5.97 Å². The van der Waals surface area contributed by atoms with Crippen molar-refractivity contribution in [1.29, 1.82) is 0 Å². The van der Waals surface area contributed by atoms with Crippen molar-refractivity contribution in [2.45, 2.75) is 12.8 Å². The lowest BCUT2D eigenvalue weighted by Crippen LogP contribution is -2.18. The van der Waals surface area contributed by atoms with Crippen molar-refractivity contribution in [1.82, 2.24) is 4.57 Å². The fraction of sp³-hybridized carbons (Fsp3) is 0.294. The molecule has 0 bridgehead atoms. The van der Waals surface area contributed by atoms with Crippen LogP contribution in [0.15, 0.2) is 41.3 Å². The Morgan fingerprint density at radius 3 is 2.36 bits per heavy atom. The summed E-state index contributed by atoms with van der Waals surface area (Å²) in [6, 6.07) is 9.44. The van der Waals surface area contributed by atoms with Gasteiger partial charge in [0.2, 0.25) is 0 Å². The molecule has 5 nitrogen and oxygen atoms in total. The summed E-state index contributed by atoms with van der Waals surface area (Å²) in [5.41, 5.74) is 2.13. The van der Waals surface area contributed by atoms with Crippen LogP contribution >= 0.6 is 0 Å². The van der Waals surface area contributed by atoms with Crippen molar-refractivity contribution < 1.29 is 9.90 Å². The molecule has 0 aliphatic carbocycles. The first kappa shape index (κ1) is 14.4. The summed E-state index contributed by atoms with van der Waals surface area (Å²) in [6.07, 6.45) is 3.83. The average molecular weight is 298 g/mol. The molecule has 1 aromatic heterocycles. The van der Waals surface area contributed by atoms with Crippen LogP contribution < -0.4 is 10.3 Å². The molecule has 1 aliphatic rings. The maximum atomic E-state index is 11.9. The Morgan fingerprint density at radius 2 is 1.77 bits per heavy atom. The standard InChI is InChI=1S/C17H18N2O3/c1-18-11-14(17(21)22)16(20)10-15(18)12-4-6-13(7-5-12)19-8-2-3-9-19/h4-7,10-11H,2-3,8-9H2,1H3,(H,21,22). The number of aromatic carboxylic acids is 1. The molecule has 0 radical (unpaired) electrons. The van der Waals surface area contributed by atoms with Crippen molar-refractivity contribution in [2.75, 3.05) is 18.0 Å². The van der Waals surface area contributed by atoms with E-state index in [0.29, 0.717) is 5.69 Å². The number of hydrogen-bond acceptors (Lipinski definition) is 3. The minimum atomic E-state index is -1.20. The van der Waals surface area contributed by atoms with Crippen molar-refractivity contribution >= 4 is 11.7 Å². The molecule has 0 unspecified atom stereocenters. The third kappa shape index (κ3) is 2.62. The Morgan fingerprint density at radius 1 is 1.14 bits per heavy atom. The van der Waals surface area contributed by atoms with Gasteiger partial charge in [0.25, 0.3) is 0 Å². The van der Waals surface area contributed by atoms with Crippen LogP contribution in [0, 0.1) is 0 Å². The molecular formula is C17H18N2O3. The van der Waals surface area contributed by atoms with Crippen LogP contribution in [-0.2, 0) is 7.05 Å². The van der Waals surface area contributed by atoms with E-state index >= 15 is 0 Å². The van der Waals surface area contributed by atoms with Crippen LogP contribution in [-0.4, -0.2) is 28.7 Å². The second-order valence-corrected chi connectivity index (χ2v) is 5.59. The second kappa shape index (κ2) is 5.67. The number of anilines is 1. The molecule has 5 heteroatoms. The third-order valence-corrected chi connectivity index (χ3v) is 4.10. The van der Waals surface area contributed by atoms with Gasteiger partial charge in [-0.2, -0.15) is 0 Å². The zero-order valence-corrected chi connectivity index (χ0v) is 12.5. The molecule has 0 amide bonds. The molecule has 0 atom stereocenters. The van der Waals surface area contributed by atoms with Gasteiger partial charge in [0, 0.05) is 38.1 Å². The SMILES string of the molecule is Cn1cc(C(=O)O)c(=O)cc1-c1ccc(N2CCCC2)cc1. The van der Waals surface area contributed by atoms with Crippen molar-refractivity contribution in [2.24, 2.45) is 7.05 Å². The van der Waals surface area contributed by atoms with E-state index in [9.17, 15) is 9.59 Å². The number of rotatable bonds is 3. The largest absolute Gasteiger partial charge is 0.477 e. The average Bonchev–Trinajstić information content (AvgIpc) is 3.03. The molecule has 2 aromatic rings. The van der Waals surface area contributed by atoms with Crippen LogP contribution in [0.5, 0.6) is 0 Å². The van der Waals surface area contributed by atoms with E-state index in [4.69, 9.17) is 5.11 Å². The van der Waals surface area contributed by atoms with E-state index in [1.807, 2.05) is 12.1 Å². The van der Waals surface area contributed by atoms with Crippen LogP contribution in [0.1, 0.15) is 23.2 Å². The van der Waals surface area contributed by atoms with E-state index in [2.05, 4.69) is 17.0 Å². The van der Waals surface area contributed by atoms with E-state index in [-0.39, 0.29) is 5.56 Å². The monoisotopic (exact) mass is 298 g/mol. The van der Waals surface area contributed by atoms with E-state index in [1.165, 1.54) is 30.8 Å². The van der Waals surface area contributed by atoms with Gasteiger partial charge in [-0.25, -0.2) is 4.79 Å². The minimum Gasteiger partial charge on any atom is -0.477 e. The third-order valence-electron chi connectivity index (χ3n) is 4.10. The van der Waals surface area contributed by atoms with Gasteiger partial charge in [0.05, 0.1) is 5.69 Å². The predicted octanol–water partition coefficient (Wildman–Crippen LogP) is 2.35. The number of aryl methyl sites for hydroxylation is 1. The molecular weight excluding hydrogens is 280 g/mol. The summed E-state index contributed by atoms with van der Waals surface area (Å²) in [6.45, 7) is 2.18. The number of carboxylic acid groups (broad SMARTS) is 1. The molecule has 1 saturated heterocycles. The zero-order valence-electron chi connectivity index (χ0n) is 12.5. The highest BCUT2D eigenvalue weighted by atomic mass is 16.4. The molecule has 3 rings (SSSR count). The number of carbonyl (C=O) groups is 1. The van der Waals surface area contributed by atoms with Gasteiger partial charge in [-0.15, -0.1) is 0 Å². The number of hydrogen-bond donors (Lipinski definition) is 1. The van der Waals surface area contributed by atoms with E-state index in [1.54, 1.807) is 11.6 Å². The molecule has 22 heavy (non-hydrogen) atoms. The molecule has 2 heterocycles. The maximum Gasteiger partial charge on any atom is 0.341 e. The number of aromatic nitrogens is 1. The minimum absolute atomic E-state index is 0.208. The molecule has 1 aromatic carbocycles. The topological polar surface area (TPSA) is 62.5 Å². The van der Waals surface area contributed by atoms with Gasteiger partial charge in [-0.3, -0.25) is 4.79 Å². The maximum absolute atomic E-state index is 11.9. The van der Waals surface area contributed by atoms with Crippen LogP contribution in [0.4, 0.5) is 5.69 Å². The summed E-state index contributed by atoms with van der Waals surface area (Å²) in [4.78, 5) is 25.2. The smallest absolute Gasteiger partial charge is 0.341 e. The van der Waals surface area contributed by atoms with E-state index in [0.717, 1.165) is 18.7 Å². The van der Waals surface area contributed by atoms with Gasteiger partial charge in [-0.1, -0.05) is 12.1 Å². The van der Waals surface area contributed by atoms with Crippen molar-refractivity contribution in [3.63, 3.8) is 0 Å². The Balaban J connectivity index is 1.95. The van der Waals surface area contributed by atoms with Crippen molar-refractivity contribution in [3.05, 3.63) is 52.3 Å². The summed E-state index contributed by atoms with van der Waals surface area (Å²) >= 11 is 0. The second-order valence-electron chi connectivity index (χ2n) is 5.59. The Hall–Kier alpha value is -2.56. The van der Waals surface area contributed by atoms with Crippen LogP contribution in [0.3, 0.4) is 0 Å². The number of benzene rings is 1. The molecule has 0 spiro atoms. The van der Waals surface area contributed by atoms with Crippen molar-refractivity contribution in [3.8, 4) is 11.3 Å². The lowest BCUT2D eigenvalue weighted by molar-refractivity contribution is 0.0694. The van der Waals surface area contributed by atoms with Gasteiger partial charge in [-0.05, 0) is 30.5 Å². The highest BCUT2D eigenvalue weighted by molar-refractivity contribution is 5.87. The summed E-state index contributed by atoms with van der Waals surface area (Å²) in [7, 11) is 1.75. The predicted molar refractivity (Wildman–Crippen MR) is 85.5 cm³/mol. The number of carboxylic acids is 1. The fourth-order valence-electron chi connectivity index (χ4n) is 2.90. The molecule has 1 fully saturated rings. The first-order chi connectivity index (χ1) is 10.6. The van der Waals surface area contributed by atoms with Crippen LogP contribution in [0.2, 0.25) is 0 Å². The summed E-state index contributed by atoms with van der Waals surface area (Å²) in [5, 5.41) is 8.99. The lowest BCUT2D eigenvalue weighted by atomic mass is 10.1. The number of nitrogens with zero attached hydrogens (tertiary/aromatic N) is 2. The number of pyridine rings is 1. The summed E-state index contributed by atoms with van der Waals surface area (Å²) < 4.78 is 1.68. The Kier molecular flexibility index (Phi) is 3.71. The Bertz CT molecular complexity index is 756. The fourth-order valence-corrected chi connectivity index (χ4v) is 2.90. The summed E-state index contributed by atoms with van der Waals surface area (Å²) in [5.74, 6) is -1.20. The van der Waals surface area contributed by atoms with E-state index < -0.39 is 11.4 Å². The molecule has 1 N–H and O–H groups in total. The molecule has 1 aliphatic heterocycles. The first-order valence-electron chi connectivity index (χ1n) is 7.35. The highest BCUT2D eigenvalue weighted by Gasteiger charge is 2.14. The zero-order chi connectivity index (χ0) is 15.7. The molecule has 114 valence electrons. The normalized spacial score (nSPS) is 14.3. The quantitative estimate of drug-likeness (QED) is 0.945. The first-order valence-corrected chi connectivity index (χ1v) is 7.35. The van der Waals surface area contributed by atoms with Crippen LogP contribution in [0.25, 0.3) is 11.3 Å². The van der Waals surface area contributed by atoms with Gasteiger partial charge in [0.15, 0.2) is 5.43 Å². The van der Waals surface area contributed by atoms with Gasteiger partial charge < -0.3 is 14.6 Å². The highest BCUT2D eigenvalue weighted by Crippen LogP contribution is 2.24. The Labute approximate surface area is 128 Å². The molecule has 0 saturated carbocycles. The van der Waals surface area contributed by atoms with Gasteiger partial charge in [0.1, 0.15) is 5.56 Å².